The standard InChI is InChI=1S/C12H17N5/c1-5-13-11-9(3)12(15-10(4)14-11)17-7-6-8(2)16-17/h6-7H,5H2,1-4H3,(H,13,14,15). The molecule has 0 saturated carbocycles. The summed E-state index contributed by atoms with van der Waals surface area (Å²) >= 11 is 0. The van der Waals surface area contributed by atoms with Crippen LogP contribution in [-0.2, 0) is 0 Å². The van der Waals surface area contributed by atoms with Crippen LogP contribution in [0.25, 0.3) is 5.82 Å². The lowest BCUT2D eigenvalue weighted by Gasteiger charge is -2.11. The molecule has 0 unspecified atom stereocenters. The van der Waals surface area contributed by atoms with Gasteiger partial charge >= 0.3 is 0 Å². The van der Waals surface area contributed by atoms with Crippen molar-refractivity contribution in [3.05, 3.63) is 29.3 Å². The van der Waals surface area contributed by atoms with E-state index in [4.69, 9.17) is 0 Å². The predicted molar refractivity (Wildman–Crippen MR) is 67.5 cm³/mol. The fourth-order valence-corrected chi connectivity index (χ4v) is 1.71. The van der Waals surface area contributed by atoms with Gasteiger partial charge in [-0.2, -0.15) is 5.10 Å². The summed E-state index contributed by atoms with van der Waals surface area (Å²) < 4.78 is 1.79. The van der Waals surface area contributed by atoms with Crippen LogP contribution in [0.2, 0.25) is 0 Å². The van der Waals surface area contributed by atoms with Gasteiger partial charge in [-0.1, -0.05) is 0 Å². The zero-order valence-electron chi connectivity index (χ0n) is 10.7. The van der Waals surface area contributed by atoms with E-state index in [1.165, 1.54) is 0 Å². The highest BCUT2D eigenvalue weighted by atomic mass is 15.3. The zero-order chi connectivity index (χ0) is 12.4. The lowest BCUT2D eigenvalue weighted by atomic mass is 10.3. The molecule has 90 valence electrons. The number of hydrogen-bond acceptors (Lipinski definition) is 4. The van der Waals surface area contributed by atoms with E-state index in [2.05, 4.69) is 27.3 Å². The van der Waals surface area contributed by atoms with Crippen molar-refractivity contribution < 1.29 is 0 Å². The number of rotatable bonds is 3. The number of aromatic nitrogens is 4. The lowest BCUT2D eigenvalue weighted by molar-refractivity contribution is 0.807. The van der Waals surface area contributed by atoms with Gasteiger partial charge in [0.1, 0.15) is 11.6 Å². The lowest BCUT2D eigenvalue weighted by Crippen LogP contribution is -2.10. The van der Waals surface area contributed by atoms with Gasteiger partial charge in [0.25, 0.3) is 0 Å². The Labute approximate surface area is 101 Å². The molecule has 0 amide bonds. The van der Waals surface area contributed by atoms with E-state index in [-0.39, 0.29) is 0 Å². The van der Waals surface area contributed by atoms with Crippen LogP contribution < -0.4 is 5.32 Å². The van der Waals surface area contributed by atoms with Gasteiger partial charge in [0, 0.05) is 18.3 Å². The molecule has 2 rings (SSSR count). The van der Waals surface area contributed by atoms with E-state index in [1.54, 1.807) is 4.68 Å². The van der Waals surface area contributed by atoms with Crippen molar-refractivity contribution in [1.29, 1.82) is 0 Å². The smallest absolute Gasteiger partial charge is 0.162 e. The van der Waals surface area contributed by atoms with E-state index >= 15 is 0 Å². The molecule has 17 heavy (non-hydrogen) atoms. The summed E-state index contributed by atoms with van der Waals surface area (Å²) in [7, 11) is 0. The number of nitrogens with zero attached hydrogens (tertiary/aromatic N) is 4. The van der Waals surface area contributed by atoms with Crippen LogP contribution in [0, 0.1) is 20.8 Å². The van der Waals surface area contributed by atoms with E-state index in [0.29, 0.717) is 0 Å². The molecule has 0 radical (unpaired) electrons. The predicted octanol–water partition coefficient (Wildman–Crippen LogP) is 2.02. The Morgan fingerprint density at radius 2 is 2.00 bits per heavy atom. The van der Waals surface area contributed by atoms with E-state index in [1.807, 2.05) is 33.0 Å². The second kappa shape index (κ2) is 4.53. The molecule has 0 fully saturated rings. The van der Waals surface area contributed by atoms with Crippen molar-refractivity contribution in [1.82, 2.24) is 19.7 Å². The number of anilines is 1. The molecular weight excluding hydrogens is 214 g/mol. The fraction of sp³-hybridized carbons (Fsp3) is 0.417. The average Bonchev–Trinajstić information content (AvgIpc) is 2.70. The third-order valence-corrected chi connectivity index (χ3v) is 2.52. The molecule has 0 aliphatic carbocycles. The van der Waals surface area contributed by atoms with Crippen LogP contribution in [0.1, 0.15) is 24.0 Å². The molecular formula is C12H17N5. The summed E-state index contributed by atoms with van der Waals surface area (Å²) in [6.45, 7) is 8.75. The molecule has 1 N–H and O–H groups in total. The van der Waals surface area contributed by atoms with Gasteiger partial charge in [0.05, 0.1) is 5.69 Å². The molecule has 0 aromatic carbocycles. The van der Waals surface area contributed by atoms with Gasteiger partial charge in [-0.05, 0) is 33.8 Å². The molecule has 0 aliphatic rings. The van der Waals surface area contributed by atoms with Crippen molar-refractivity contribution in [3.8, 4) is 5.82 Å². The van der Waals surface area contributed by atoms with E-state index in [0.717, 1.165) is 35.3 Å². The highest BCUT2D eigenvalue weighted by Gasteiger charge is 2.10. The topological polar surface area (TPSA) is 55.6 Å². The van der Waals surface area contributed by atoms with Crippen LogP contribution in [0.5, 0.6) is 0 Å². The summed E-state index contributed by atoms with van der Waals surface area (Å²) in [6.07, 6.45) is 1.92. The molecule has 0 spiro atoms. The maximum Gasteiger partial charge on any atom is 0.162 e. The summed E-state index contributed by atoms with van der Waals surface area (Å²) in [5, 5.41) is 7.62. The summed E-state index contributed by atoms with van der Waals surface area (Å²) in [5.74, 6) is 2.46. The minimum Gasteiger partial charge on any atom is -0.370 e. The highest BCUT2D eigenvalue weighted by Crippen LogP contribution is 2.18. The third-order valence-electron chi connectivity index (χ3n) is 2.52. The first-order valence-electron chi connectivity index (χ1n) is 5.73. The van der Waals surface area contributed by atoms with Gasteiger partial charge in [0.2, 0.25) is 0 Å². The Balaban J connectivity index is 2.53. The molecule has 0 aliphatic heterocycles. The molecule has 2 aromatic rings. The zero-order valence-corrected chi connectivity index (χ0v) is 10.7. The van der Waals surface area contributed by atoms with Crippen LogP contribution in [-0.4, -0.2) is 26.3 Å². The minimum atomic E-state index is 0.745. The van der Waals surface area contributed by atoms with Crippen LogP contribution >= 0.6 is 0 Å². The summed E-state index contributed by atoms with van der Waals surface area (Å²) in [4.78, 5) is 8.84. The summed E-state index contributed by atoms with van der Waals surface area (Å²) in [5.41, 5.74) is 1.99. The first-order valence-corrected chi connectivity index (χ1v) is 5.73. The van der Waals surface area contributed by atoms with Crippen molar-refractivity contribution in [2.24, 2.45) is 0 Å². The van der Waals surface area contributed by atoms with E-state index in [9.17, 15) is 0 Å². The second-order valence-corrected chi connectivity index (χ2v) is 4.00. The van der Waals surface area contributed by atoms with Gasteiger partial charge < -0.3 is 5.32 Å². The SMILES string of the molecule is CCNc1nc(C)nc(-n2ccc(C)n2)c1C. The Bertz CT molecular complexity index is 530. The fourth-order valence-electron chi connectivity index (χ4n) is 1.71. The molecule has 2 aromatic heterocycles. The first kappa shape index (κ1) is 11.6. The maximum atomic E-state index is 4.45. The number of hydrogen-bond donors (Lipinski definition) is 1. The Morgan fingerprint density at radius 3 is 2.59 bits per heavy atom. The van der Waals surface area contributed by atoms with Crippen LogP contribution in [0.4, 0.5) is 5.82 Å². The molecule has 2 heterocycles. The van der Waals surface area contributed by atoms with Gasteiger partial charge in [0.15, 0.2) is 5.82 Å². The largest absolute Gasteiger partial charge is 0.370 e. The number of nitrogens with one attached hydrogen (secondary N) is 1. The van der Waals surface area contributed by atoms with Gasteiger partial charge in [-0.3, -0.25) is 0 Å². The quantitative estimate of drug-likeness (QED) is 0.878. The van der Waals surface area contributed by atoms with Crippen molar-refractivity contribution in [3.63, 3.8) is 0 Å². The van der Waals surface area contributed by atoms with Gasteiger partial charge in [-0.15, -0.1) is 0 Å². The van der Waals surface area contributed by atoms with Crippen molar-refractivity contribution in [2.45, 2.75) is 27.7 Å². The molecule has 5 heteroatoms. The van der Waals surface area contributed by atoms with Crippen LogP contribution in [0.15, 0.2) is 12.3 Å². The first-order chi connectivity index (χ1) is 8.11. The third kappa shape index (κ3) is 2.27. The van der Waals surface area contributed by atoms with Gasteiger partial charge in [-0.25, -0.2) is 14.6 Å². The molecule has 0 bridgehead atoms. The molecule has 0 atom stereocenters. The Hall–Kier alpha value is -1.91. The van der Waals surface area contributed by atoms with Crippen molar-refractivity contribution >= 4 is 5.82 Å². The Morgan fingerprint density at radius 1 is 1.24 bits per heavy atom. The highest BCUT2D eigenvalue weighted by molar-refractivity contribution is 5.51. The van der Waals surface area contributed by atoms with Crippen LogP contribution in [0.3, 0.4) is 0 Å². The minimum absolute atomic E-state index is 0.745. The number of aryl methyl sites for hydroxylation is 2. The molecule has 5 nitrogen and oxygen atoms in total. The monoisotopic (exact) mass is 231 g/mol. The summed E-state index contributed by atoms with van der Waals surface area (Å²) in [6, 6.07) is 1.96. The second-order valence-electron chi connectivity index (χ2n) is 4.00. The maximum absolute atomic E-state index is 4.45. The molecule has 0 saturated heterocycles. The Kier molecular flexibility index (Phi) is 3.08. The average molecular weight is 231 g/mol. The van der Waals surface area contributed by atoms with E-state index < -0.39 is 0 Å². The van der Waals surface area contributed by atoms with Crippen molar-refractivity contribution in [2.75, 3.05) is 11.9 Å². The normalized spacial score (nSPS) is 10.6.